The fraction of sp³-hybridized carbons (Fsp3) is 0.400. The molecule has 1 aromatic rings. The molecule has 7 heteroatoms. The van der Waals surface area contributed by atoms with Gasteiger partial charge in [0, 0.05) is 6.07 Å². The molecule has 1 aromatic carbocycles. The molecule has 0 bridgehead atoms. The van der Waals surface area contributed by atoms with E-state index in [1.54, 1.807) is 0 Å². The average Bonchev–Trinajstić information content (AvgIpc) is 2.35. The number of halogens is 1. The summed E-state index contributed by atoms with van der Waals surface area (Å²) in [6, 6.07) is 4.13. The second-order valence-electron chi connectivity index (χ2n) is 3.25. The van der Waals surface area contributed by atoms with Gasteiger partial charge in [0.15, 0.2) is 6.10 Å². The molecule has 0 saturated heterocycles. The summed E-state index contributed by atoms with van der Waals surface area (Å²) in [4.78, 5) is 9.03. The first-order valence-electron chi connectivity index (χ1n) is 4.68. The van der Waals surface area contributed by atoms with Crippen LogP contribution < -0.4 is 9.47 Å². The molecule has 1 rings (SSSR count). The number of rotatable bonds is 5. The molecule has 94 valence electrons. The van der Waals surface area contributed by atoms with E-state index in [1.807, 2.05) is 0 Å². The van der Waals surface area contributed by atoms with Gasteiger partial charge in [0.2, 0.25) is 0 Å². The third-order valence-corrected chi connectivity index (χ3v) is 2.18. The van der Waals surface area contributed by atoms with Crippen LogP contribution >= 0.6 is 0 Å². The lowest BCUT2D eigenvalue weighted by Gasteiger charge is -2.12. The van der Waals surface area contributed by atoms with Gasteiger partial charge >= 0.3 is 6.30 Å². The summed E-state index contributed by atoms with van der Waals surface area (Å²) in [5.74, 6) is 0.628. The molecule has 17 heavy (non-hydrogen) atoms. The maximum atomic E-state index is 13.0. The van der Waals surface area contributed by atoms with Gasteiger partial charge in [-0.25, -0.2) is 0 Å². The maximum Gasteiger partial charge on any atom is 0.379 e. The molecule has 0 radical (unpaired) electrons. The number of hydrogen-bond acceptors (Lipinski definition) is 5. The number of aliphatic hydroxyl groups is 1. The number of hydrogen-bond donors (Lipinski definition) is 1. The van der Waals surface area contributed by atoms with E-state index < -0.39 is 17.3 Å². The third kappa shape index (κ3) is 3.04. The van der Waals surface area contributed by atoms with Crippen molar-refractivity contribution in [3.05, 3.63) is 33.9 Å². The van der Waals surface area contributed by atoms with Gasteiger partial charge in [0.05, 0.1) is 19.1 Å². The zero-order valence-electron chi connectivity index (χ0n) is 9.29. The van der Waals surface area contributed by atoms with Crippen LogP contribution in [0.5, 0.6) is 11.5 Å². The van der Waals surface area contributed by atoms with Crippen molar-refractivity contribution in [2.75, 3.05) is 14.2 Å². The number of ether oxygens (including phenoxy) is 2. The van der Waals surface area contributed by atoms with E-state index in [1.165, 1.54) is 32.4 Å². The molecule has 0 saturated carbocycles. The SMILES string of the molecule is COc1cc(OC)cc(C(O)C(F)[N+](=O)[O-])c1. The first kappa shape index (κ1) is 13.2. The quantitative estimate of drug-likeness (QED) is 0.480. The average molecular weight is 245 g/mol. The van der Waals surface area contributed by atoms with Crippen molar-refractivity contribution in [2.24, 2.45) is 0 Å². The molecular formula is C10H12FNO5. The van der Waals surface area contributed by atoms with Gasteiger partial charge in [-0.2, -0.15) is 4.39 Å². The Morgan fingerprint density at radius 2 is 1.76 bits per heavy atom. The molecule has 1 N–H and O–H groups in total. The van der Waals surface area contributed by atoms with Gasteiger partial charge < -0.3 is 14.6 Å². The van der Waals surface area contributed by atoms with E-state index in [4.69, 9.17) is 9.47 Å². The van der Waals surface area contributed by atoms with Gasteiger partial charge in [-0.05, 0) is 17.7 Å². The van der Waals surface area contributed by atoms with Gasteiger partial charge in [-0.1, -0.05) is 0 Å². The van der Waals surface area contributed by atoms with Crippen LogP contribution in [0.15, 0.2) is 18.2 Å². The van der Waals surface area contributed by atoms with E-state index in [2.05, 4.69) is 0 Å². The summed E-state index contributed by atoms with van der Waals surface area (Å²) in [6.45, 7) is 0. The fourth-order valence-electron chi connectivity index (χ4n) is 1.27. The Balaban J connectivity index is 3.07. The van der Waals surface area contributed by atoms with Crippen LogP contribution in [-0.2, 0) is 0 Å². The van der Waals surface area contributed by atoms with E-state index >= 15 is 0 Å². The van der Waals surface area contributed by atoms with Crippen molar-refractivity contribution >= 4 is 0 Å². The monoisotopic (exact) mass is 245 g/mol. The number of methoxy groups -OCH3 is 2. The van der Waals surface area contributed by atoms with Crippen LogP contribution in [0.25, 0.3) is 0 Å². The highest BCUT2D eigenvalue weighted by Gasteiger charge is 2.31. The minimum Gasteiger partial charge on any atom is -0.497 e. The lowest BCUT2D eigenvalue weighted by molar-refractivity contribution is -0.567. The van der Waals surface area contributed by atoms with Crippen molar-refractivity contribution in [1.29, 1.82) is 0 Å². The molecule has 6 nitrogen and oxygen atoms in total. The van der Waals surface area contributed by atoms with Crippen molar-refractivity contribution in [2.45, 2.75) is 12.4 Å². The second kappa shape index (κ2) is 5.44. The predicted octanol–water partition coefficient (Wildman–Crippen LogP) is 1.31. The van der Waals surface area contributed by atoms with Gasteiger partial charge in [-0.15, -0.1) is 0 Å². The highest BCUT2D eigenvalue weighted by atomic mass is 19.1. The molecule has 0 aromatic heterocycles. The summed E-state index contributed by atoms with van der Waals surface area (Å²) in [5.41, 5.74) is 0.0189. The van der Waals surface area contributed by atoms with Crippen LogP contribution in [0.4, 0.5) is 4.39 Å². The summed E-state index contributed by atoms with van der Waals surface area (Å²) in [7, 11) is 2.76. The number of nitro groups is 1. The van der Waals surface area contributed by atoms with Crippen LogP contribution in [0.1, 0.15) is 11.7 Å². The van der Waals surface area contributed by atoms with Crippen LogP contribution in [0.3, 0.4) is 0 Å². The van der Waals surface area contributed by atoms with Crippen molar-refractivity contribution in [3.63, 3.8) is 0 Å². The zero-order valence-corrected chi connectivity index (χ0v) is 9.29. The molecular weight excluding hydrogens is 233 g/mol. The van der Waals surface area contributed by atoms with Crippen LogP contribution in [0.2, 0.25) is 0 Å². The first-order chi connectivity index (χ1) is 7.99. The number of benzene rings is 1. The van der Waals surface area contributed by atoms with E-state index in [9.17, 15) is 19.6 Å². The summed E-state index contributed by atoms with van der Waals surface area (Å²) < 4.78 is 22.9. The van der Waals surface area contributed by atoms with Crippen LogP contribution in [0, 0.1) is 10.1 Å². The standard InChI is InChI=1S/C10H12FNO5/c1-16-7-3-6(4-8(5-7)17-2)9(13)10(11)12(14)15/h3-5,9-10,13H,1-2H3. The Hall–Kier alpha value is -1.89. The highest BCUT2D eigenvalue weighted by Crippen LogP contribution is 2.28. The topological polar surface area (TPSA) is 81.8 Å². The molecule has 0 heterocycles. The lowest BCUT2D eigenvalue weighted by Crippen LogP contribution is -2.22. The summed E-state index contributed by atoms with van der Waals surface area (Å²) in [6.07, 6.45) is -4.46. The fourth-order valence-corrected chi connectivity index (χ4v) is 1.27. The number of nitrogens with zero attached hydrogens (tertiary/aromatic N) is 1. The smallest absolute Gasteiger partial charge is 0.379 e. The Bertz CT molecular complexity index is 389. The van der Waals surface area contributed by atoms with Crippen molar-refractivity contribution in [1.82, 2.24) is 0 Å². The normalized spacial score (nSPS) is 13.9. The Morgan fingerprint density at radius 1 is 1.29 bits per heavy atom. The summed E-state index contributed by atoms with van der Waals surface area (Å²) in [5, 5.41) is 19.7. The molecule has 2 atom stereocenters. The Kier molecular flexibility index (Phi) is 4.22. The van der Waals surface area contributed by atoms with Gasteiger partial charge in [0.1, 0.15) is 11.5 Å². The van der Waals surface area contributed by atoms with Gasteiger partial charge in [0.25, 0.3) is 0 Å². The second-order valence-corrected chi connectivity index (χ2v) is 3.25. The molecule has 0 aliphatic heterocycles. The minimum absolute atomic E-state index is 0.0189. The Labute approximate surface area is 96.7 Å². The third-order valence-electron chi connectivity index (χ3n) is 2.18. The maximum absolute atomic E-state index is 13.0. The Morgan fingerprint density at radius 3 is 2.12 bits per heavy atom. The van der Waals surface area contributed by atoms with E-state index in [-0.39, 0.29) is 5.56 Å². The molecule has 0 fully saturated rings. The molecule has 0 aliphatic carbocycles. The number of alkyl halides is 1. The van der Waals surface area contributed by atoms with Crippen LogP contribution in [-0.4, -0.2) is 30.5 Å². The number of aliphatic hydroxyl groups excluding tert-OH is 1. The molecule has 0 aliphatic rings. The van der Waals surface area contributed by atoms with E-state index in [0.29, 0.717) is 11.5 Å². The molecule has 2 unspecified atom stereocenters. The summed E-state index contributed by atoms with van der Waals surface area (Å²) >= 11 is 0. The molecule has 0 amide bonds. The van der Waals surface area contributed by atoms with E-state index in [0.717, 1.165) is 0 Å². The molecule has 0 spiro atoms. The predicted molar refractivity (Wildman–Crippen MR) is 56.4 cm³/mol. The largest absolute Gasteiger partial charge is 0.497 e. The highest BCUT2D eigenvalue weighted by molar-refractivity contribution is 5.39. The first-order valence-corrected chi connectivity index (χ1v) is 4.68. The van der Waals surface area contributed by atoms with Gasteiger partial charge in [-0.3, -0.25) is 10.1 Å². The lowest BCUT2D eigenvalue weighted by atomic mass is 10.1. The van der Waals surface area contributed by atoms with Crippen molar-refractivity contribution in [3.8, 4) is 11.5 Å². The zero-order chi connectivity index (χ0) is 13.0. The minimum atomic E-state index is -2.59. The van der Waals surface area contributed by atoms with Crippen molar-refractivity contribution < 1.29 is 23.9 Å².